The van der Waals surface area contributed by atoms with Crippen LogP contribution >= 0.6 is 0 Å². The molecule has 166 valence electrons. The highest BCUT2D eigenvalue weighted by Gasteiger charge is 2.71. The van der Waals surface area contributed by atoms with Crippen molar-refractivity contribution in [3.63, 3.8) is 0 Å². The van der Waals surface area contributed by atoms with E-state index in [1.54, 1.807) is 13.8 Å². The van der Waals surface area contributed by atoms with Gasteiger partial charge < -0.3 is 19.1 Å². The second-order valence-electron chi connectivity index (χ2n) is 7.86. The Morgan fingerprint density at radius 3 is 2.19 bits per heavy atom. The monoisotopic (exact) mass is 435 g/mol. The third kappa shape index (κ3) is 2.57. The summed E-state index contributed by atoms with van der Waals surface area (Å²) in [6, 6.07) is 16.7. The maximum atomic E-state index is 13.7. The van der Waals surface area contributed by atoms with Crippen molar-refractivity contribution in [2.24, 2.45) is 0 Å². The fraction of sp³-hybridized carbons (Fsp3) is 0.320. The van der Waals surface area contributed by atoms with E-state index < -0.39 is 28.9 Å². The van der Waals surface area contributed by atoms with Crippen molar-refractivity contribution in [3.05, 3.63) is 76.9 Å². The molecule has 0 radical (unpaired) electrons. The third-order valence-electron chi connectivity index (χ3n) is 6.54. The van der Waals surface area contributed by atoms with Crippen molar-refractivity contribution in [3.8, 4) is 0 Å². The summed E-state index contributed by atoms with van der Waals surface area (Å²) in [6.45, 7) is 3.75. The van der Waals surface area contributed by atoms with Crippen molar-refractivity contribution < 1.29 is 28.6 Å². The zero-order valence-electron chi connectivity index (χ0n) is 18.5. The van der Waals surface area contributed by atoms with E-state index in [0.717, 1.165) is 5.69 Å². The zero-order valence-corrected chi connectivity index (χ0v) is 18.5. The predicted molar refractivity (Wildman–Crippen MR) is 117 cm³/mol. The lowest BCUT2D eigenvalue weighted by molar-refractivity contribution is -0.152. The van der Waals surface area contributed by atoms with E-state index in [9.17, 15) is 14.4 Å². The summed E-state index contributed by atoms with van der Waals surface area (Å²) in [6.07, 6.45) is 0. The number of ether oxygens (including phenoxy) is 3. The molecule has 2 aromatic carbocycles. The fourth-order valence-electron chi connectivity index (χ4n) is 5.29. The molecule has 0 saturated carbocycles. The summed E-state index contributed by atoms with van der Waals surface area (Å²) in [4.78, 5) is 41.8. The predicted octanol–water partition coefficient (Wildman–Crippen LogP) is 2.88. The minimum Gasteiger partial charge on any atom is -0.466 e. The van der Waals surface area contributed by atoms with Gasteiger partial charge in [0.2, 0.25) is 0 Å². The first kappa shape index (κ1) is 21.6. The largest absolute Gasteiger partial charge is 0.466 e. The van der Waals surface area contributed by atoms with Crippen LogP contribution in [0.4, 0.5) is 5.69 Å². The highest BCUT2D eigenvalue weighted by Crippen LogP contribution is 2.64. The summed E-state index contributed by atoms with van der Waals surface area (Å²) in [5.41, 5.74) is -0.329. The Balaban J connectivity index is 2.18. The molecule has 0 bridgehead atoms. The SMILES string of the molecule is CCOC(=O)[C@@]1(C)c2ccccc2N2CC(C(=O)OC)=C(C(=O)OC)[C@]21c1ccccc1. The van der Waals surface area contributed by atoms with Crippen molar-refractivity contribution in [2.75, 3.05) is 32.3 Å². The summed E-state index contributed by atoms with van der Waals surface area (Å²) in [7, 11) is 2.52. The number of methoxy groups -OCH3 is 2. The van der Waals surface area contributed by atoms with Crippen LogP contribution in [0.3, 0.4) is 0 Å². The molecule has 2 heterocycles. The number of carbonyl (C=O) groups excluding carboxylic acids is 3. The number of esters is 3. The topological polar surface area (TPSA) is 82.1 Å². The molecule has 7 nitrogen and oxygen atoms in total. The van der Waals surface area contributed by atoms with E-state index in [2.05, 4.69) is 0 Å². The molecule has 2 aliphatic rings. The van der Waals surface area contributed by atoms with Gasteiger partial charge in [0.1, 0.15) is 11.0 Å². The van der Waals surface area contributed by atoms with Crippen LogP contribution in [-0.2, 0) is 39.5 Å². The van der Waals surface area contributed by atoms with Gasteiger partial charge in [-0.25, -0.2) is 9.59 Å². The smallest absolute Gasteiger partial charge is 0.337 e. The standard InChI is InChI=1S/C25H25NO6/c1-5-32-23(29)24(2)18-13-9-10-14-19(18)26-15-17(21(27)30-3)20(22(28)31-4)25(24,26)16-11-7-6-8-12-16/h6-14H,5,15H2,1-4H3/t24-,25+/m1/s1. The quantitative estimate of drug-likeness (QED) is 0.528. The zero-order chi connectivity index (χ0) is 23.1. The van der Waals surface area contributed by atoms with Crippen LogP contribution in [0.25, 0.3) is 0 Å². The molecule has 0 saturated heterocycles. The van der Waals surface area contributed by atoms with Crippen molar-refractivity contribution in [1.82, 2.24) is 0 Å². The minimum absolute atomic E-state index is 0.0814. The molecular weight excluding hydrogens is 410 g/mol. The van der Waals surface area contributed by atoms with Crippen LogP contribution < -0.4 is 4.90 Å². The summed E-state index contributed by atoms with van der Waals surface area (Å²) >= 11 is 0. The average Bonchev–Trinajstić information content (AvgIpc) is 3.30. The Hall–Kier alpha value is -3.61. The first-order chi connectivity index (χ1) is 15.4. The van der Waals surface area contributed by atoms with Gasteiger partial charge in [0.05, 0.1) is 38.5 Å². The number of para-hydroxylation sites is 1. The van der Waals surface area contributed by atoms with Crippen LogP contribution in [0.2, 0.25) is 0 Å². The molecule has 2 aromatic rings. The van der Waals surface area contributed by atoms with Gasteiger partial charge in [0.15, 0.2) is 0 Å². The molecule has 0 aromatic heterocycles. The average molecular weight is 435 g/mol. The first-order valence-corrected chi connectivity index (χ1v) is 10.4. The van der Waals surface area contributed by atoms with E-state index in [-0.39, 0.29) is 24.3 Å². The highest BCUT2D eigenvalue weighted by atomic mass is 16.5. The Kier molecular flexibility index (Phi) is 5.28. The van der Waals surface area contributed by atoms with Gasteiger partial charge in [0, 0.05) is 5.69 Å². The number of hydrogen-bond donors (Lipinski definition) is 0. The molecule has 0 aliphatic carbocycles. The van der Waals surface area contributed by atoms with Crippen LogP contribution in [-0.4, -0.2) is 45.3 Å². The number of benzene rings is 2. The van der Waals surface area contributed by atoms with Gasteiger partial charge in [-0.05, 0) is 31.0 Å². The second-order valence-corrected chi connectivity index (χ2v) is 7.86. The summed E-state index contributed by atoms with van der Waals surface area (Å²) in [5.74, 6) is -1.83. The van der Waals surface area contributed by atoms with Crippen molar-refractivity contribution in [2.45, 2.75) is 24.8 Å². The van der Waals surface area contributed by atoms with Gasteiger partial charge in [-0.1, -0.05) is 48.5 Å². The molecule has 7 heteroatoms. The number of fused-ring (bicyclic) bond motifs is 3. The molecule has 0 fully saturated rings. The number of carbonyl (C=O) groups is 3. The van der Waals surface area contributed by atoms with Crippen LogP contribution in [0.15, 0.2) is 65.7 Å². The second kappa shape index (κ2) is 7.82. The molecule has 32 heavy (non-hydrogen) atoms. The Morgan fingerprint density at radius 2 is 1.56 bits per heavy atom. The Bertz CT molecular complexity index is 1120. The highest BCUT2D eigenvalue weighted by molar-refractivity contribution is 6.09. The lowest BCUT2D eigenvalue weighted by Crippen LogP contribution is -2.58. The maximum Gasteiger partial charge on any atom is 0.337 e. The molecule has 0 N–H and O–H groups in total. The van der Waals surface area contributed by atoms with Crippen molar-refractivity contribution in [1.29, 1.82) is 0 Å². The molecule has 0 spiro atoms. The van der Waals surface area contributed by atoms with Gasteiger partial charge in [-0.15, -0.1) is 0 Å². The molecule has 2 aliphatic heterocycles. The Morgan fingerprint density at radius 1 is 0.938 bits per heavy atom. The lowest BCUT2D eigenvalue weighted by atomic mass is 9.62. The lowest BCUT2D eigenvalue weighted by Gasteiger charge is -2.45. The van der Waals surface area contributed by atoms with Gasteiger partial charge in [-0.3, -0.25) is 4.79 Å². The van der Waals surface area contributed by atoms with E-state index in [1.165, 1.54) is 14.2 Å². The minimum atomic E-state index is -1.36. The van der Waals surface area contributed by atoms with Crippen LogP contribution in [0, 0.1) is 0 Å². The first-order valence-electron chi connectivity index (χ1n) is 10.4. The summed E-state index contributed by atoms with van der Waals surface area (Å²) < 4.78 is 15.8. The van der Waals surface area contributed by atoms with E-state index in [0.29, 0.717) is 11.1 Å². The molecular formula is C25H25NO6. The number of rotatable bonds is 5. The molecule has 0 amide bonds. The number of anilines is 1. The number of nitrogens with zero attached hydrogens (tertiary/aromatic N) is 1. The molecule has 2 atom stereocenters. The third-order valence-corrected chi connectivity index (χ3v) is 6.54. The van der Waals surface area contributed by atoms with Gasteiger partial charge in [-0.2, -0.15) is 0 Å². The van der Waals surface area contributed by atoms with E-state index in [4.69, 9.17) is 14.2 Å². The van der Waals surface area contributed by atoms with Gasteiger partial charge >= 0.3 is 17.9 Å². The van der Waals surface area contributed by atoms with E-state index in [1.807, 2.05) is 59.5 Å². The van der Waals surface area contributed by atoms with E-state index >= 15 is 0 Å². The summed E-state index contributed by atoms with van der Waals surface area (Å²) in [5, 5.41) is 0. The molecule has 0 unspecified atom stereocenters. The Labute approximate surface area is 186 Å². The normalized spacial score (nSPS) is 23.4. The van der Waals surface area contributed by atoms with Crippen LogP contribution in [0.1, 0.15) is 25.0 Å². The van der Waals surface area contributed by atoms with Crippen molar-refractivity contribution >= 4 is 23.6 Å². The van der Waals surface area contributed by atoms with Crippen LogP contribution in [0.5, 0.6) is 0 Å². The number of hydrogen-bond acceptors (Lipinski definition) is 7. The molecule has 4 rings (SSSR count). The van der Waals surface area contributed by atoms with Gasteiger partial charge in [0.25, 0.3) is 0 Å². The maximum absolute atomic E-state index is 13.7. The fourth-order valence-corrected chi connectivity index (χ4v) is 5.29.